The molecule has 0 amide bonds. The lowest BCUT2D eigenvalue weighted by atomic mass is 9.91. The predicted octanol–water partition coefficient (Wildman–Crippen LogP) is 4.54. The molecular weight excluding hydrogens is 338 g/mol. The van der Waals surface area contributed by atoms with Crippen LogP contribution in [0, 0.1) is 5.92 Å². The van der Waals surface area contributed by atoms with Gasteiger partial charge in [0.15, 0.2) is 5.82 Å². The van der Waals surface area contributed by atoms with E-state index in [2.05, 4.69) is 31.0 Å². The molecular formula is C22H27N3O2. The number of hydrogen-bond donors (Lipinski definition) is 1. The zero-order chi connectivity index (χ0) is 19.2. The second kappa shape index (κ2) is 8.80. The third-order valence-corrected chi connectivity index (χ3v) is 4.93. The molecule has 3 rings (SSSR count). The molecule has 1 aromatic heterocycles. The molecule has 5 nitrogen and oxygen atoms in total. The van der Waals surface area contributed by atoms with E-state index in [4.69, 9.17) is 5.10 Å². The lowest BCUT2D eigenvalue weighted by molar-refractivity contribution is 0.0696. The summed E-state index contributed by atoms with van der Waals surface area (Å²) in [6, 6.07) is 7.16. The van der Waals surface area contributed by atoms with Crippen molar-refractivity contribution in [2.75, 3.05) is 0 Å². The Balaban J connectivity index is 1.71. The van der Waals surface area contributed by atoms with Crippen molar-refractivity contribution in [1.29, 1.82) is 0 Å². The molecule has 1 atom stereocenters. The van der Waals surface area contributed by atoms with Gasteiger partial charge in [-0.05, 0) is 30.0 Å². The van der Waals surface area contributed by atoms with Gasteiger partial charge in [0.1, 0.15) is 5.82 Å². The fourth-order valence-corrected chi connectivity index (χ4v) is 3.42. The maximum Gasteiger partial charge on any atom is 0.336 e. The Hall–Kier alpha value is -2.69. The minimum atomic E-state index is -0.892. The first-order valence-corrected chi connectivity index (χ1v) is 9.76. The van der Waals surface area contributed by atoms with Crippen molar-refractivity contribution >= 4 is 11.5 Å². The molecule has 0 saturated heterocycles. The molecule has 1 N–H and O–H groups in total. The molecule has 0 bridgehead atoms. The van der Waals surface area contributed by atoms with Crippen LogP contribution in [0.1, 0.15) is 60.7 Å². The van der Waals surface area contributed by atoms with Gasteiger partial charge in [-0.25, -0.2) is 14.5 Å². The summed E-state index contributed by atoms with van der Waals surface area (Å²) in [7, 11) is 0. The van der Waals surface area contributed by atoms with Gasteiger partial charge in [0.05, 0.1) is 5.56 Å². The Morgan fingerprint density at radius 3 is 2.78 bits per heavy atom. The van der Waals surface area contributed by atoms with E-state index in [-0.39, 0.29) is 0 Å². The lowest BCUT2D eigenvalue weighted by Gasteiger charge is -2.18. The van der Waals surface area contributed by atoms with Crippen molar-refractivity contribution in [1.82, 2.24) is 14.8 Å². The van der Waals surface area contributed by atoms with Gasteiger partial charge in [-0.2, -0.15) is 5.10 Å². The third-order valence-electron chi connectivity index (χ3n) is 4.93. The number of unbranched alkanes of at least 4 members (excludes halogenated alkanes) is 1. The number of carboxylic acids is 1. The van der Waals surface area contributed by atoms with Crippen LogP contribution in [0.15, 0.2) is 42.5 Å². The van der Waals surface area contributed by atoms with E-state index in [0.717, 1.165) is 61.4 Å². The summed E-state index contributed by atoms with van der Waals surface area (Å²) in [5, 5.41) is 14.1. The molecule has 0 fully saturated rings. The first-order chi connectivity index (χ1) is 13.1. The Bertz CT molecular complexity index is 864. The van der Waals surface area contributed by atoms with Crippen LogP contribution in [0.3, 0.4) is 0 Å². The second-order valence-electron chi connectivity index (χ2n) is 6.95. The fourth-order valence-electron chi connectivity index (χ4n) is 3.42. The van der Waals surface area contributed by atoms with Crippen LogP contribution in [0.25, 0.3) is 5.57 Å². The monoisotopic (exact) mass is 365 g/mol. The maximum absolute atomic E-state index is 11.4. The summed E-state index contributed by atoms with van der Waals surface area (Å²) < 4.78 is 2.05. The van der Waals surface area contributed by atoms with E-state index in [9.17, 15) is 9.90 Å². The van der Waals surface area contributed by atoms with Gasteiger partial charge in [-0.1, -0.05) is 56.7 Å². The standard InChI is InChI=1S/C22H27N3O2/c1-3-5-10-20-23-21(4-2)25(24-20)15-16-11-13-17(14-12-16)18-8-6-7-9-19(18)22(26)27/h6-9,11,13-14,16H,3-5,10,12,15H2,1-2H3,(H,26,27). The number of benzene rings is 1. The summed E-state index contributed by atoms with van der Waals surface area (Å²) in [5.74, 6) is 1.44. The third kappa shape index (κ3) is 4.54. The smallest absolute Gasteiger partial charge is 0.336 e. The summed E-state index contributed by atoms with van der Waals surface area (Å²) in [5.41, 5.74) is 2.09. The number of carboxylic acid groups (broad SMARTS) is 1. The van der Waals surface area contributed by atoms with Crippen LogP contribution in [0.5, 0.6) is 0 Å². The van der Waals surface area contributed by atoms with Crippen molar-refractivity contribution in [3.63, 3.8) is 0 Å². The van der Waals surface area contributed by atoms with Crippen LogP contribution in [0.2, 0.25) is 0 Å². The highest BCUT2D eigenvalue weighted by atomic mass is 16.4. The number of aromatic nitrogens is 3. The second-order valence-corrected chi connectivity index (χ2v) is 6.95. The van der Waals surface area contributed by atoms with Crippen LogP contribution >= 0.6 is 0 Å². The largest absolute Gasteiger partial charge is 0.478 e. The number of nitrogens with zero attached hydrogens (tertiary/aromatic N) is 3. The van der Waals surface area contributed by atoms with Gasteiger partial charge in [0.25, 0.3) is 0 Å². The van der Waals surface area contributed by atoms with Crippen molar-refractivity contribution in [3.8, 4) is 0 Å². The fraction of sp³-hybridized carbons (Fsp3) is 0.409. The zero-order valence-corrected chi connectivity index (χ0v) is 16.1. The van der Waals surface area contributed by atoms with Crippen LogP contribution < -0.4 is 0 Å². The molecule has 1 aromatic carbocycles. The Morgan fingerprint density at radius 1 is 1.30 bits per heavy atom. The zero-order valence-electron chi connectivity index (χ0n) is 16.1. The average molecular weight is 365 g/mol. The average Bonchev–Trinajstić information content (AvgIpc) is 3.08. The van der Waals surface area contributed by atoms with E-state index < -0.39 is 5.97 Å². The summed E-state index contributed by atoms with van der Waals surface area (Å²) >= 11 is 0. The Labute approximate surface area is 160 Å². The minimum Gasteiger partial charge on any atom is -0.478 e. The van der Waals surface area contributed by atoms with E-state index in [1.54, 1.807) is 12.1 Å². The first kappa shape index (κ1) is 19.1. The molecule has 2 aromatic rings. The quantitative estimate of drug-likeness (QED) is 0.746. The van der Waals surface area contributed by atoms with Gasteiger partial charge in [0, 0.05) is 25.3 Å². The van der Waals surface area contributed by atoms with Gasteiger partial charge in [-0.3, -0.25) is 0 Å². The highest BCUT2D eigenvalue weighted by molar-refractivity contribution is 5.95. The molecule has 0 aliphatic heterocycles. The van der Waals surface area contributed by atoms with Gasteiger partial charge >= 0.3 is 5.97 Å². The van der Waals surface area contributed by atoms with Gasteiger partial charge in [0.2, 0.25) is 0 Å². The van der Waals surface area contributed by atoms with Crippen molar-refractivity contribution in [3.05, 3.63) is 65.3 Å². The molecule has 1 unspecified atom stereocenters. The van der Waals surface area contributed by atoms with Crippen LogP contribution in [-0.2, 0) is 19.4 Å². The first-order valence-electron chi connectivity index (χ1n) is 9.76. The highest BCUT2D eigenvalue weighted by Crippen LogP contribution is 2.27. The number of rotatable bonds is 8. The minimum absolute atomic E-state index is 0.344. The topological polar surface area (TPSA) is 68.0 Å². The number of aryl methyl sites for hydroxylation is 2. The molecule has 1 heterocycles. The molecule has 0 saturated carbocycles. The predicted molar refractivity (Wildman–Crippen MR) is 107 cm³/mol. The number of hydrogen-bond acceptors (Lipinski definition) is 3. The molecule has 142 valence electrons. The van der Waals surface area contributed by atoms with Crippen molar-refractivity contribution < 1.29 is 9.90 Å². The SMILES string of the molecule is CCCCc1nc(CC)n(CC2C=CC(c3ccccc3C(=O)O)=CC2)n1. The van der Waals surface area contributed by atoms with Crippen LogP contribution in [0.4, 0.5) is 0 Å². The van der Waals surface area contributed by atoms with Crippen molar-refractivity contribution in [2.24, 2.45) is 5.92 Å². The van der Waals surface area contributed by atoms with E-state index in [1.807, 2.05) is 22.9 Å². The van der Waals surface area contributed by atoms with Crippen LogP contribution in [-0.4, -0.2) is 25.8 Å². The summed E-state index contributed by atoms with van der Waals surface area (Å²) in [6.45, 7) is 5.10. The maximum atomic E-state index is 11.4. The normalized spacial score (nSPS) is 16.4. The molecule has 0 radical (unpaired) electrons. The summed E-state index contributed by atoms with van der Waals surface area (Å²) in [4.78, 5) is 16.1. The van der Waals surface area contributed by atoms with E-state index >= 15 is 0 Å². The van der Waals surface area contributed by atoms with E-state index in [1.165, 1.54) is 0 Å². The molecule has 5 heteroatoms. The van der Waals surface area contributed by atoms with Gasteiger partial charge in [-0.15, -0.1) is 0 Å². The number of aromatic carboxylic acids is 1. The lowest BCUT2D eigenvalue weighted by Crippen LogP contribution is -2.14. The Morgan fingerprint density at radius 2 is 2.11 bits per heavy atom. The van der Waals surface area contributed by atoms with Gasteiger partial charge < -0.3 is 5.11 Å². The summed E-state index contributed by atoms with van der Waals surface area (Å²) in [6.07, 6.45) is 11.3. The number of allylic oxidation sites excluding steroid dienone is 4. The Kier molecular flexibility index (Phi) is 6.22. The molecule has 1 aliphatic carbocycles. The molecule has 27 heavy (non-hydrogen) atoms. The number of carbonyl (C=O) groups is 1. The molecule has 0 spiro atoms. The highest BCUT2D eigenvalue weighted by Gasteiger charge is 2.17. The molecule has 1 aliphatic rings. The van der Waals surface area contributed by atoms with Crippen molar-refractivity contribution in [2.45, 2.75) is 52.5 Å². The van der Waals surface area contributed by atoms with E-state index in [0.29, 0.717) is 11.5 Å².